The van der Waals surface area contributed by atoms with E-state index in [0.717, 1.165) is 11.1 Å². The van der Waals surface area contributed by atoms with Gasteiger partial charge in [-0.25, -0.2) is 5.43 Å². The molecule has 0 spiro atoms. The summed E-state index contributed by atoms with van der Waals surface area (Å²) < 4.78 is 5.51. The molecule has 0 fully saturated rings. The Morgan fingerprint density at radius 3 is 2.33 bits per heavy atom. The van der Waals surface area contributed by atoms with Crippen molar-refractivity contribution in [3.63, 3.8) is 0 Å². The number of carbonyl (C=O) groups is 2. The third-order valence-corrected chi connectivity index (χ3v) is 3.84. The van der Waals surface area contributed by atoms with Crippen LogP contribution in [0.25, 0.3) is 0 Å². The zero-order valence-electron chi connectivity index (χ0n) is 15.8. The lowest BCUT2D eigenvalue weighted by atomic mass is 10.1. The number of carbonyl (C=O) groups excluding carboxylic acids is 2. The first-order valence-electron chi connectivity index (χ1n) is 8.86. The first-order chi connectivity index (χ1) is 13.0. The number of nitrogens with one attached hydrogen (secondary N) is 2. The number of benzene rings is 2. The van der Waals surface area contributed by atoms with Gasteiger partial charge in [-0.1, -0.05) is 44.2 Å². The van der Waals surface area contributed by atoms with Crippen LogP contribution in [0.5, 0.6) is 5.75 Å². The number of rotatable bonds is 8. The molecule has 0 saturated carbocycles. The van der Waals surface area contributed by atoms with Crippen molar-refractivity contribution in [2.45, 2.75) is 26.8 Å². The molecular formula is C21H25N3O3. The summed E-state index contributed by atoms with van der Waals surface area (Å²) in [4.78, 5) is 23.5. The van der Waals surface area contributed by atoms with E-state index in [1.165, 1.54) is 0 Å². The Labute approximate surface area is 159 Å². The summed E-state index contributed by atoms with van der Waals surface area (Å²) in [5.41, 5.74) is 4.32. The molecule has 2 aromatic carbocycles. The van der Waals surface area contributed by atoms with Crippen LogP contribution < -0.4 is 15.5 Å². The third-order valence-electron chi connectivity index (χ3n) is 3.84. The van der Waals surface area contributed by atoms with E-state index >= 15 is 0 Å². The van der Waals surface area contributed by atoms with Crippen LogP contribution in [0.1, 0.15) is 37.9 Å². The molecule has 0 heterocycles. The molecule has 2 N–H and O–H groups in total. The largest absolute Gasteiger partial charge is 0.484 e. The van der Waals surface area contributed by atoms with Gasteiger partial charge in [0, 0.05) is 5.92 Å². The van der Waals surface area contributed by atoms with Gasteiger partial charge in [0.25, 0.3) is 5.91 Å². The molecule has 27 heavy (non-hydrogen) atoms. The lowest BCUT2D eigenvalue weighted by Crippen LogP contribution is -2.31. The number of hydrogen-bond donors (Lipinski definition) is 2. The zero-order chi connectivity index (χ0) is 19.6. The summed E-state index contributed by atoms with van der Waals surface area (Å²) in [6.07, 6.45) is 1.55. The fourth-order valence-electron chi connectivity index (χ4n) is 2.21. The first-order valence-corrected chi connectivity index (χ1v) is 8.86. The molecular weight excluding hydrogens is 342 g/mol. The van der Waals surface area contributed by atoms with E-state index in [0.29, 0.717) is 5.75 Å². The minimum Gasteiger partial charge on any atom is -0.484 e. The van der Waals surface area contributed by atoms with E-state index < -0.39 is 0 Å². The van der Waals surface area contributed by atoms with Crippen molar-refractivity contribution in [1.29, 1.82) is 0 Å². The summed E-state index contributed by atoms with van der Waals surface area (Å²) >= 11 is 0. The normalized spacial score (nSPS) is 12.0. The van der Waals surface area contributed by atoms with E-state index in [2.05, 4.69) is 15.8 Å². The topological polar surface area (TPSA) is 79.8 Å². The Morgan fingerprint density at radius 2 is 1.70 bits per heavy atom. The molecule has 1 atom stereocenters. The fraction of sp³-hybridized carbons (Fsp3) is 0.286. The van der Waals surface area contributed by atoms with Gasteiger partial charge in [-0.05, 0) is 42.3 Å². The van der Waals surface area contributed by atoms with Gasteiger partial charge in [-0.3, -0.25) is 9.59 Å². The Kier molecular flexibility index (Phi) is 7.55. The highest BCUT2D eigenvalue weighted by Gasteiger charge is 2.09. The van der Waals surface area contributed by atoms with Crippen molar-refractivity contribution in [3.8, 4) is 5.75 Å². The minimum atomic E-state index is -0.187. The maximum absolute atomic E-state index is 12.0. The lowest BCUT2D eigenvalue weighted by molar-refractivity contribution is -0.124. The zero-order valence-corrected chi connectivity index (χ0v) is 15.8. The highest BCUT2D eigenvalue weighted by atomic mass is 16.5. The van der Waals surface area contributed by atoms with Crippen LogP contribution >= 0.6 is 0 Å². The molecule has 2 amide bonds. The number of amides is 2. The van der Waals surface area contributed by atoms with Gasteiger partial charge in [-0.15, -0.1) is 0 Å². The summed E-state index contributed by atoms with van der Waals surface area (Å²) in [5.74, 6) is 0.143. The summed E-state index contributed by atoms with van der Waals surface area (Å²) in [7, 11) is 0. The van der Waals surface area contributed by atoms with Crippen molar-refractivity contribution in [2.24, 2.45) is 11.0 Å². The molecule has 0 aromatic heterocycles. The van der Waals surface area contributed by atoms with Crippen molar-refractivity contribution >= 4 is 18.0 Å². The molecule has 142 valence electrons. The molecule has 0 radical (unpaired) electrons. The van der Waals surface area contributed by atoms with Crippen LogP contribution in [0.2, 0.25) is 0 Å². The number of ether oxygens (including phenoxy) is 1. The van der Waals surface area contributed by atoms with E-state index in [1.807, 2.05) is 37.3 Å². The van der Waals surface area contributed by atoms with Crippen LogP contribution in [0.3, 0.4) is 0 Å². The van der Waals surface area contributed by atoms with E-state index in [-0.39, 0.29) is 30.4 Å². The first kappa shape index (κ1) is 20.2. The number of hydrazone groups is 1. The van der Waals surface area contributed by atoms with Gasteiger partial charge in [0.1, 0.15) is 5.75 Å². The summed E-state index contributed by atoms with van der Waals surface area (Å²) in [6, 6.07) is 16.8. The Balaban J connectivity index is 1.78. The van der Waals surface area contributed by atoms with Crippen LogP contribution in [-0.2, 0) is 9.59 Å². The average molecular weight is 367 g/mol. The SMILES string of the molecule is CC(C)C(=O)N/N=C/c1ccc(OCC(=O)N[C@@H](C)c2ccccc2)cc1. The molecule has 6 heteroatoms. The molecule has 0 bridgehead atoms. The van der Waals surface area contributed by atoms with E-state index in [4.69, 9.17) is 4.74 Å². The van der Waals surface area contributed by atoms with Gasteiger partial charge in [0.15, 0.2) is 6.61 Å². The van der Waals surface area contributed by atoms with Crippen molar-refractivity contribution in [3.05, 3.63) is 65.7 Å². The predicted molar refractivity (Wildman–Crippen MR) is 106 cm³/mol. The monoisotopic (exact) mass is 367 g/mol. The van der Waals surface area contributed by atoms with Gasteiger partial charge >= 0.3 is 0 Å². The van der Waals surface area contributed by atoms with Gasteiger partial charge < -0.3 is 10.1 Å². The maximum atomic E-state index is 12.0. The summed E-state index contributed by atoms with van der Waals surface area (Å²) in [6.45, 7) is 5.47. The highest BCUT2D eigenvalue weighted by Crippen LogP contribution is 2.13. The molecule has 2 aromatic rings. The van der Waals surface area contributed by atoms with Crippen molar-refractivity contribution < 1.29 is 14.3 Å². The summed E-state index contributed by atoms with van der Waals surface area (Å²) in [5, 5.41) is 6.80. The Morgan fingerprint density at radius 1 is 1.04 bits per heavy atom. The Hall–Kier alpha value is -3.15. The second kappa shape index (κ2) is 10.1. The van der Waals surface area contributed by atoms with Crippen LogP contribution in [-0.4, -0.2) is 24.6 Å². The van der Waals surface area contributed by atoms with E-state index in [1.54, 1.807) is 44.3 Å². The third kappa shape index (κ3) is 6.93. The van der Waals surface area contributed by atoms with Crippen molar-refractivity contribution in [1.82, 2.24) is 10.7 Å². The molecule has 0 unspecified atom stereocenters. The number of hydrogen-bond acceptors (Lipinski definition) is 4. The molecule has 0 aliphatic carbocycles. The smallest absolute Gasteiger partial charge is 0.258 e. The van der Waals surface area contributed by atoms with Crippen molar-refractivity contribution in [2.75, 3.05) is 6.61 Å². The van der Waals surface area contributed by atoms with Gasteiger partial charge in [-0.2, -0.15) is 5.10 Å². The molecule has 0 saturated heterocycles. The second-order valence-corrected chi connectivity index (χ2v) is 6.45. The lowest BCUT2D eigenvalue weighted by Gasteiger charge is -2.14. The predicted octanol–water partition coefficient (Wildman–Crippen LogP) is 3.05. The van der Waals surface area contributed by atoms with Crippen LogP contribution in [0, 0.1) is 5.92 Å². The number of nitrogens with zero attached hydrogens (tertiary/aromatic N) is 1. The molecule has 0 aliphatic rings. The van der Waals surface area contributed by atoms with E-state index in [9.17, 15) is 9.59 Å². The highest BCUT2D eigenvalue weighted by molar-refractivity contribution is 5.83. The van der Waals surface area contributed by atoms with Gasteiger partial charge in [0.05, 0.1) is 12.3 Å². The quantitative estimate of drug-likeness (QED) is 0.556. The van der Waals surface area contributed by atoms with Gasteiger partial charge in [0.2, 0.25) is 5.91 Å². The second-order valence-electron chi connectivity index (χ2n) is 6.45. The van der Waals surface area contributed by atoms with Crippen LogP contribution in [0.4, 0.5) is 0 Å². The molecule has 0 aliphatic heterocycles. The average Bonchev–Trinajstić information content (AvgIpc) is 2.67. The standard InChI is InChI=1S/C21H25N3O3/c1-15(2)21(26)24-22-13-17-9-11-19(12-10-17)27-14-20(25)23-16(3)18-7-5-4-6-8-18/h4-13,15-16H,14H2,1-3H3,(H,23,25)(H,24,26)/b22-13+/t16-/m0/s1. The molecule has 2 rings (SSSR count). The van der Waals surface area contributed by atoms with Crippen LogP contribution in [0.15, 0.2) is 59.7 Å². The minimum absolute atomic E-state index is 0.0605. The maximum Gasteiger partial charge on any atom is 0.258 e. The molecule has 6 nitrogen and oxygen atoms in total. The fourth-order valence-corrected chi connectivity index (χ4v) is 2.21. The Bertz CT molecular complexity index is 771.